The first kappa shape index (κ1) is 13.4. The maximum Gasteiger partial charge on any atom is 0.122 e. The molecule has 0 bridgehead atoms. The van der Waals surface area contributed by atoms with Gasteiger partial charge in [-0.3, -0.25) is 0 Å². The summed E-state index contributed by atoms with van der Waals surface area (Å²) in [6.07, 6.45) is 3.87. The minimum atomic E-state index is 0.433. The predicted molar refractivity (Wildman–Crippen MR) is 73.1 cm³/mol. The van der Waals surface area contributed by atoms with Crippen molar-refractivity contribution in [2.24, 2.45) is 0 Å². The lowest BCUT2D eigenvalue weighted by molar-refractivity contribution is 0.110. The number of ether oxygens (including phenoxy) is 2. The molecule has 1 aromatic carbocycles. The maximum atomic E-state index is 5.74. The Balaban J connectivity index is 1.52. The molecule has 1 atom stereocenters. The van der Waals surface area contributed by atoms with E-state index in [1.807, 2.05) is 18.2 Å². The number of nitrogens with one attached hydrogen (secondary N) is 1. The monoisotopic (exact) mass is 249 g/mol. The van der Waals surface area contributed by atoms with E-state index < -0.39 is 0 Å². The molecule has 1 saturated heterocycles. The standard InChI is InChI=1S/C15H23NO2/c1-13-6-2-3-8-15(13)18-11-5-9-16-12-14-7-4-10-17-14/h2-3,6,8,14,16H,4-5,7,9-12H2,1H3/t14-/m1/s1. The van der Waals surface area contributed by atoms with Gasteiger partial charge in [0.1, 0.15) is 5.75 Å². The van der Waals surface area contributed by atoms with E-state index >= 15 is 0 Å². The molecule has 100 valence electrons. The normalized spacial score (nSPS) is 19.1. The topological polar surface area (TPSA) is 30.5 Å². The highest BCUT2D eigenvalue weighted by Crippen LogP contribution is 2.16. The average Bonchev–Trinajstić information content (AvgIpc) is 2.89. The fourth-order valence-electron chi connectivity index (χ4n) is 2.17. The molecule has 0 aliphatic carbocycles. The third kappa shape index (κ3) is 4.31. The molecule has 0 radical (unpaired) electrons. The summed E-state index contributed by atoms with van der Waals surface area (Å²) in [7, 11) is 0. The molecule has 0 spiro atoms. The van der Waals surface area contributed by atoms with Gasteiger partial charge in [-0.05, 0) is 44.4 Å². The number of rotatable bonds is 7. The van der Waals surface area contributed by atoms with Crippen molar-refractivity contribution in [1.29, 1.82) is 0 Å². The fraction of sp³-hybridized carbons (Fsp3) is 0.600. The van der Waals surface area contributed by atoms with Crippen molar-refractivity contribution in [2.75, 3.05) is 26.3 Å². The lowest BCUT2D eigenvalue weighted by atomic mass is 10.2. The Morgan fingerprint density at radius 3 is 3.06 bits per heavy atom. The van der Waals surface area contributed by atoms with Gasteiger partial charge in [-0.2, -0.15) is 0 Å². The van der Waals surface area contributed by atoms with Gasteiger partial charge in [0.25, 0.3) is 0 Å². The molecule has 0 unspecified atom stereocenters. The van der Waals surface area contributed by atoms with Crippen LogP contribution in [0.1, 0.15) is 24.8 Å². The van der Waals surface area contributed by atoms with Crippen LogP contribution in [0.4, 0.5) is 0 Å². The Hall–Kier alpha value is -1.06. The van der Waals surface area contributed by atoms with Gasteiger partial charge in [-0.1, -0.05) is 18.2 Å². The Labute approximate surface area is 109 Å². The zero-order valence-electron chi connectivity index (χ0n) is 11.2. The Bertz CT molecular complexity index is 348. The summed E-state index contributed by atoms with van der Waals surface area (Å²) < 4.78 is 11.3. The minimum absolute atomic E-state index is 0.433. The summed E-state index contributed by atoms with van der Waals surface area (Å²) in [4.78, 5) is 0. The summed E-state index contributed by atoms with van der Waals surface area (Å²) in [6, 6.07) is 8.14. The van der Waals surface area contributed by atoms with Crippen LogP contribution >= 0.6 is 0 Å². The highest BCUT2D eigenvalue weighted by Gasteiger charge is 2.13. The van der Waals surface area contributed by atoms with Gasteiger partial charge >= 0.3 is 0 Å². The van der Waals surface area contributed by atoms with Crippen LogP contribution in [-0.2, 0) is 4.74 Å². The van der Waals surface area contributed by atoms with Gasteiger partial charge in [0.15, 0.2) is 0 Å². The second-order valence-corrected chi connectivity index (χ2v) is 4.81. The van der Waals surface area contributed by atoms with Gasteiger partial charge in [-0.15, -0.1) is 0 Å². The summed E-state index contributed by atoms with van der Waals surface area (Å²) in [6.45, 7) is 5.74. The first-order chi connectivity index (χ1) is 8.86. The Morgan fingerprint density at radius 1 is 1.39 bits per heavy atom. The molecular weight excluding hydrogens is 226 g/mol. The lowest BCUT2D eigenvalue weighted by Gasteiger charge is -2.11. The van der Waals surface area contributed by atoms with Crippen LogP contribution in [0.25, 0.3) is 0 Å². The number of hydrogen-bond donors (Lipinski definition) is 1. The summed E-state index contributed by atoms with van der Waals surface area (Å²) >= 11 is 0. The highest BCUT2D eigenvalue weighted by molar-refractivity contribution is 5.31. The second kappa shape index (κ2) is 7.39. The molecule has 1 fully saturated rings. The van der Waals surface area contributed by atoms with Crippen molar-refractivity contribution in [3.8, 4) is 5.75 Å². The smallest absolute Gasteiger partial charge is 0.122 e. The number of aryl methyl sites for hydroxylation is 1. The summed E-state index contributed by atoms with van der Waals surface area (Å²) in [5.41, 5.74) is 1.20. The predicted octanol–water partition coefficient (Wildman–Crippen LogP) is 2.53. The third-order valence-electron chi connectivity index (χ3n) is 3.25. The van der Waals surface area contributed by atoms with Crippen LogP contribution in [-0.4, -0.2) is 32.4 Å². The molecule has 2 rings (SSSR count). The third-order valence-corrected chi connectivity index (χ3v) is 3.25. The van der Waals surface area contributed by atoms with E-state index in [0.29, 0.717) is 6.10 Å². The average molecular weight is 249 g/mol. The Morgan fingerprint density at radius 2 is 2.28 bits per heavy atom. The SMILES string of the molecule is Cc1ccccc1OCCCNC[C@H]1CCCO1. The molecule has 0 amide bonds. The van der Waals surface area contributed by atoms with Crippen molar-refractivity contribution in [1.82, 2.24) is 5.32 Å². The zero-order valence-corrected chi connectivity index (χ0v) is 11.2. The molecule has 1 aromatic rings. The van der Waals surface area contributed by atoms with E-state index in [-0.39, 0.29) is 0 Å². The number of hydrogen-bond acceptors (Lipinski definition) is 3. The fourth-order valence-corrected chi connectivity index (χ4v) is 2.17. The molecule has 0 aromatic heterocycles. The molecule has 1 aliphatic heterocycles. The van der Waals surface area contributed by atoms with Crippen LogP contribution in [0.2, 0.25) is 0 Å². The van der Waals surface area contributed by atoms with E-state index in [1.54, 1.807) is 0 Å². The molecular formula is C15H23NO2. The van der Waals surface area contributed by atoms with Crippen LogP contribution in [0.3, 0.4) is 0 Å². The molecule has 1 aliphatic rings. The summed E-state index contributed by atoms with van der Waals surface area (Å²) in [5, 5.41) is 3.42. The molecule has 0 saturated carbocycles. The van der Waals surface area contributed by atoms with E-state index in [4.69, 9.17) is 9.47 Å². The summed E-state index contributed by atoms with van der Waals surface area (Å²) in [5.74, 6) is 0.997. The van der Waals surface area contributed by atoms with Gasteiger partial charge in [0.05, 0.1) is 12.7 Å². The van der Waals surface area contributed by atoms with Crippen molar-refractivity contribution in [3.63, 3.8) is 0 Å². The van der Waals surface area contributed by atoms with E-state index in [9.17, 15) is 0 Å². The van der Waals surface area contributed by atoms with Crippen molar-refractivity contribution < 1.29 is 9.47 Å². The second-order valence-electron chi connectivity index (χ2n) is 4.81. The van der Waals surface area contributed by atoms with E-state index in [1.165, 1.54) is 18.4 Å². The van der Waals surface area contributed by atoms with Gasteiger partial charge in [0, 0.05) is 13.2 Å². The van der Waals surface area contributed by atoms with Crippen molar-refractivity contribution >= 4 is 0 Å². The van der Waals surface area contributed by atoms with Crippen LogP contribution in [0, 0.1) is 6.92 Å². The van der Waals surface area contributed by atoms with Gasteiger partial charge < -0.3 is 14.8 Å². The first-order valence-electron chi connectivity index (χ1n) is 6.87. The van der Waals surface area contributed by atoms with Crippen LogP contribution in [0.5, 0.6) is 5.75 Å². The molecule has 1 N–H and O–H groups in total. The molecule has 1 heterocycles. The van der Waals surface area contributed by atoms with Gasteiger partial charge in [-0.25, -0.2) is 0 Å². The molecule has 18 heavy (non-hydrogen) atoms. The van der Waals surface area contributed by atoms with E-state index in [2.05, 4.69) is 18.3 Å². The minimum Gasteiger partial charge on any atom is -0.493 e. The number of benzene rings is 1. The number of para-hydroxylation sites is 1. The Kier molecular flexibility index (Phi) is 5.49. The van der Waals surface area contributed by atoms with Crippen LogP contribution < -0.4 is 10.1 Å². The van der Waals surface area contributed by atoms with Gasteiger partial charge in [0.2, 0.25) is 0 Å². The molecule has 3 nitrogen and oxygen atoms in total. The van der Waals surface area contributed by atoms with Crippen molar-refractivity contribution in [3.05, 3.63) is 29.8 Å². The maximum absolute atomic E-state index is 5.74. The zero-order chi connectivity index (χ0) is 12.6. The highest BCUT2D eigenvalue weighted by atomic mass is 16.5. The van der Waals surface area contributed by atoms with Crippen LogP contribution in [0.15, 0.2) is 24.3 Å². The van der Waals surface area contributed by atoms with E-state index in [0.717, 1.165) is 38.5 Å². The molecule has 3 heteroatoms. The quantitative estimate of drug-likeness (QED) is 0.753. The van der Waals surface area contributed by atoms with Crippen molar-refractivity contribution in [2.45, 2.75) is 32.3 Å². The largest absolute Gasteiger partial charge is 0.493 e. The first-order valence-corrected chi connectivity index (χ1v) is 6.87. The lowest BCUT2D eigenvalue weighted by Crippen LogP contribution is -2.27.